The van der Waals surface area contributed by atoms with Gasteiger partial charge >= 0.3 is 0 Å². The minimum atomic E-state index is 0.210. The van der Waals surface area contributed by atoms with Crippen molar-refractivity contribution in [3.63, 3.8) is 0 Å². The van der Waals surface area contributed by atoms with Crippen LogP contribution in [-0.4, -0.2) is 57.5 Å². The zero-order valence-electron chi connectivity index (χ0n) is 11.8. The van der Waals surface area contributed by atoms with Crippen LogP contribution in [-0.2, 0) is 4.74 Å². The summed E-state index contributed by atoms with van der Waals surface area (Å²) in [6.45, 7) is 7.99. The Balaban J connectivity index is 3.68. The molecule has 2 N–H and O–H groups in total. The van der Waals surface area contributed by atoms with E-state index >= 15 is 0 Å². The number of nitrogens with zero attached hydrogens (tertiary/aromatic N) is 1. The fourth-order valence-electron chi connectivity index (χ4n) is 1.71. The molecule has 0 aromatic heterocycles. The van der Waals surface area contributed by atoms with Crippen LogP contribution in [0.15, 0.2) is 0 Å². The number of hydrogen-bond acceptors (Lipinski definition) is 3. The van der Waals surface area contributed by atoms with Crippen molar-refractivity contribution in [1.82, 2.24) is 15.5 Å². The summed E-state index contributed by atoms with van der Waals surface area (Å²) in [7, 11) is 5.88. The minimum absolute atomic E-state index is 0.210. The first-order valence-corrected chi connectivity index (χ1v) is 6.43. The summed E-state index contributed by atoms with van der Waals surface area (Å²) in [5, 5.41) is 7.16. The molecule has 0 atom stereocenters. The van der Waals surface area contributed by atoms with Crippen molar-refractivity contribution in [2.75, 3.05) is 47.4 Å². The molecular weight excluding hydrogens is 234 g/mol. The summed E-state index contributed by atoms with van der Waals surface area (Å²) in [5.41, 5.74) is 0.210. The summed E-state index contributed by atoms with van der Waals surface area (Å²) in [6, 6.07) is 0. The van der Waals surface area contributed by atoms with E-state index in [0.29, 0.717) is 0 Å². The second-order valence-electron chi connectivity index (χ2n) is 5.36. The van der Waals surface area contributed by atoms with E-state index in [9.17, 15) is 0 Å². The molecule has 17 heavy (non-hydrogen) atoms. The highest BCUT2D eigenvalue weighted by Crippen LogP contribution is 2.13. The largest absolute Gasteiger partial charge is 0.385 e. The molecular formula is C12H27N3OS. The Morgan fingerprint density at radius 2 is 1.94 bits per heavy atom. The predicted molar refractivity (Wildman–Crippen MR) is 77.4 cm³/mol. The molecule has 0 heterocycles. The first-order valence-electron chi connectivity index (χ1n) is 6.03. The van der Waals surface area contributed by atoms with Gasteiger partial charge in [-0.15, -0.1) is 0 Å². The monoisotopic (exact) mass is 261 g/mol. The standard InChI is InChI=1S/C12H27N3OS/c1-12(2,10-15(3)4)9-14-11(17)13-7-6-8-16-5/h6-10H2,1-5H3,(H2,13,14,17). The van der Waals surface area contributed by atoms with Gasteiger partial charge in [-0.05, 0) is 38.1 Å². The molecule has 0 saturated heterocycles. The molecule has 0 saturated carbocycles. The SMILES string of the molecule is COCCCNC(=S)NCC(C)(C)CN(C)C. The summed E-state index contributed by atoms with van der Waals surface area (Å²) in [4.78, 5) is 2.19. The third-order valence-electron chi connectivity index (χ3n) is 2.28. The van der Waals surface area contributed by atoms with E-state index in [4.69, 9.17) is 17.0 Å². The van der Waals surface area contributed by atoms with Gasteiger partial charge in [0.1, 0.15) is 0 Å². The van der Waals surface area contributed by atoms with Crippen LogP contribution in [0.25, 0.3) is 0 Å². The molecule has 0 rings (SSSR count). The smallest absolute Gasteiger partial charge is 0.166 e. The Morgan fingerprint density at radius 3 is 2.47 bits per heavy atom. The van der Waals surface area contributed by atoms with Crippen molar-refractivity contribution < 1.29 is 4.74 Å². The van der Waals surface area contributed by atoms with Crippen molar-refractivity contribution in [1.29, 1.82) is 0 Å². The second-order valence-corrected chi connectivity index (χ2v) is 5.77. The number of nitrogens with one attached hydrogen (secondary N) is 2. The molecule has 5 heteroatoms. The highest BCUT2D eigenvalue weighted by Gasteiger charge is 2.18. The van der Waals surface area contributed by atoms with E-state index in [0.717, 1.165) is 37.8 Å². The van der Waals surface area contributed by atoms with Gasteiger partial charge in [0.05, 0.1) is 0 Å². The fraction of sp³-hybridized carbons (Fsp3) is 0.917. The van der Waals surface area contributed by atoms with Gasteiger partial charge in [0.25, 0.3) is 0 Å². The Hall–Kier alpha value is -0.390. The summed E-state index contributed by atoms with van der Waals surface area (Å²) in [6.07, 6.45) is 0.972. The zero-order valence-corrected chi connectivity index (χ0v) is 12.6. The average Bonchev–Trinajstić information content (AvgIpc) is 2.20. The lowest BCUT2D eigenvalue weighted by Gasteiger charge is -2.29. The van der Waals surface area contributed by atoms with Crippen LogP contribution in [0.4, 0.5) is 0 Å². The number of thiocarbonyl (C=S) groups is 1. The van der Waals surface area contributed by atoms with E-state index in [-0.39, 0.29) is 5.41 Å². The van der Waals surface area contributed by atoms with Crippen LogP contribution in [0.1, 0.15) is 20.3 Å². The quantitative estimate of drug-likeness (QED) is 0.505. The first kappa shape index (κ1) is 16.6. The van der Waals surface area contributed by atoms with Crippen molar-refractivity contribution >= 4 is 17.3 Å². The summed E-state index contributed by atoms with van der Waals surface area (Å²) in [5.74, 6) is 0. The van der Waals surface area contributed by atoms with Gasteiger partial charge in [-0.1, -0.05) is 13.8 Å². The van der Waals surface area contributed by atoms with Gasteiger partial charge in [0, 0.05) is 33.4 Å². The average molecular weight is 261 g/mol. The van der Waals surface area contributed by atoms with Gasteiger partial charge in [0.15, 0.2) is 5.11 Å². The first-order chi connectivity index (χ1) is 7.87. The third-order valence-corrected chi connectivity index (χ3v) is 2.57. The van der Waals surface area contributed by atoms with Crippen LogP contribution < -0.4 is 10.6 Å². The minimum Gasteiger partial charge on any atom is -0.385 e. The molecule has 0 aliphatic heterocycles. The lowest BCUT2D eigenvalue weighted by Crippen LogP contribution is -2.44. The van der Waals surface area contributed by atoms with Gasteiger partial charge in [-0.2, -0.15) is 0 Å². The molecule has 4 nitrogen and oxygen atoms in total. The van der Waals surface area contributed by atoms with E-state index in [2.05, 4.69) is 43.5 Å². The molecule has 0 fully saturated rings. The molecule has 0 aromatic rings. The van der Waals surface area contributed by atoms with Gasteiger partial charge in [-0.25, -0.2) is 0 Å². The maximum atomic E-state index is 5.21. The van der Waals surface area contributed by atoms with E-state index in [1.54, 1.807) is 7.11 Å². The number of methoxy groups -OCH3 is 1. The number of rotatable bonds is 8. The maximum absolute atomic E-state index is 5.21. The normalized spacial score (nSPS) is 11.6. The molecule has 0 bridgehead atoms. The van der Waals surface area contributed by atoms with Crippen LogP contribution in [0.2, 0.25) is 0 Å². The molecule has 0 radical (unpaired) electrons. The van der Waals surface area contributed by atoms with E-state index < -0.39 is 0 Å². The molecule has 0 aliphatic carbocycles. The van der Waals surface area contributed by atoms with E-state index in [1.165, 1.54) is 0 Å². The molecule has 0 aliphatic rings. The summed E-state index contributed by atoms with van der Waals surface area (Å²) < 4.78 is 4.97. The summed E-state index contributed by atoms with van der Waals surface area (Å²) >= 11 is 5.21. The van der Waals surface area contributed by atoms with Gasteiger partial charge in [-0.3, -0.25) is 0 Å². The number of hydrogen-bond donors (Lipinski definition) is 2. The Morgan fingerprint density at radius 1 is 1.29 bits per heavy atom. The van der Waals surface area contributed by atoms with Crippen LogP contribution >= 0.6 is 12.2 Å². The molecule has 102 valence electrons. The third kappa shape index (κ3) is 10.5. The van der Waals surface area contributed by atoms with Gasteiger partial charge < -0.3 is 20.3 Å². The van der Waals surface area contributed by atoms with Crippen molar-refractivity contribution in [2.45, 2.75) is 20.3 Å². The topological polar surface area (TPSA) is 36.5 Å². The van der Waals surface area contributed by atoms with Gasteiger partial charge in [0.2, 0.25) is 0 Å². The Bertz CT molecular complexity index is 220. The van der Waals surface area contributed by atoms with Crippen LogP contribution in [0, 0.1) is 5.41 Å². The van der Waals surface area contributed by atoms with Crippen LogP contribution in [0.3, 0.4) is 0 Å². The predicted octanol–water partition coefficient (Wildman–Crippen LogP) is 1.07. The van der Waals surface area contributed by atoms with Crippen molar-refractivity contribution in [2.24, 2.45) is 5.41 Å². The lowest BCUT2D eigenvalue weighted by molar-refractivity contribution is 0.195. The fourth-order valence-corrected chi connectivity index (χ4v) is 1.89. The Kier molecular flexibility index (Phi) is 8.47. The Labute approximate surface area is 111 Å². The second kappa shape index (κ2) is 8.66. The molecule has 0 spiro atoms. The zero-order chi connectivity index (χ0) is 13.3. The van der Waals surface area contributed by atoms with Crippen LogP contribution in [0.5, 0.6) is 0 Å². The molecule has 0 unspecified atom stereocenters. The van der Waals surface area contributed by atoms with Crippen molar-refractivity contribution in [3.8, 4) is 0 Å². The highest BCUT2D eigenvalue weighted by molar-refractivity contribution is 7.80. The van der Waals surface area contributed by atoms with E-state index in [1.807, 2.05) is 0 Å². The number of ether oxygens (including phenoxy) is 1. The highest BCUT2D eigenvalue weighted by atomic mass is 32.1. The van der Waals surface area contributed by atoms with Crippen molar-refractivity contribution in [3.05, 3.63) is 0 Å². The molecule has 0 amide bonds. The maximum Gasteiger partial charge on any atom is 0.166 e. The lowest BCUT2D eigenvalue weighted by atomic mass is 9.93. The molecule has 0 aromatic carbocycles.